The van der Waals surface area contributed by atoms with E-state index in [4.69, 9.17) is 4.74 Å². The average molecular weight is 292 g/mol. The first-order valence-corrected chi connectivity index (χ1v) is 7.00. The van der Waals surface area contributed by atoms with E-state index in [1.165, 1.54) is 0 Å². The van der Waals surface area contributed by atoms with Gasteiger partial charge in [0, 0.05) is 16.7 Å². The van der Waals surface area contributed by atoms with Gasteiger partial charge in [-0.3, -0.25) is 4.79 Å². The molecule has 0 aliphatic carbocycles. The maximum absolute atomic E-state index is 12.2. The fourth-order valence-corrected chi connectivity index (χ4v) is 2.30. The molecule has 4 heteroatoms. The number of aromatic amines is 1. The van der Waals surface area contributed by atoms with Crippen molar-refractivity contribution >= 4 is 0 Å². The Morgan fingerprint density at radius 3 is 2.27 bits per heavy atom. The Labute approximate surface area is 128 Å². The molecular formula is C18H16N2O2. The lowest BCUT2D eigenvalue weighted by atomic mass is 10.1. The van der Waals surface area contributed by atoms with Crippen molar-refractivity contribution in [3.63, 3.8) is 0 Å². The molecule has 22 heavy (non-hydrogen) atoms. The van der Waals surface area contributed by atoms with E-state index in [1.54, 1.807) is 14.0 Å². The van der Waals surface area contributed by atoms with Crippen LogP contribution in [0.3, 0.4) is 0 Å². The number of rotatable bonds is 3. The lowest BCUT2D eigenvalue weighted by Gasteiger charge is -2.08. The highest BCUT2D eigenvalue weighted by atomic mass is 16.5. The molecule has 0 amide bonds. The van der Waals surface area contributed by atoms with Gasteiger partial charge in [0.25, 0.3) is 5.56 Å². The Hall–Kier alpha value is -2.88. The minimum absolute atomic E-state index is 0.125. The summed E-state index contributed by atoms with van der Waals surface area (Å²) in [6.07, 6.45) is 0. The van der Waals surface area contributed by atoms with Crippen LogP contribution in [0.5, 0.6) is 5.75 Å². The van der Waals surface area contributed by atoms with Crippen LogP contribution in [0.1, 0.15) is 5.56 Å². The van der Waals surface area contributed by atoms with E-state index in [0.29, 0.717) is 17.1 Å². The Bertz CT molecular complexity index is 837. The van der Waals surface area contributed by atoms with Gasteiger partial charge >= 0.3 is 0 Å². The number of ether oxygens (including phenoxy) is 1. The number of hydrogen-bond acceptors (Lipinski definition) is 3. The van der Waals surface area contributed by atoms with Crippen LogP contribution in [-0.4, -0.2) is 17.1 Å². The summed E-state index contributed by atoms with van der Waals surface area (Å²) >= 11 is 0. The molecule has 0 fully saturated rings. The van der Waals surface area contributed by atoms with Gasteiger partial charge in [-0.2, -0.15) is 0 Å². The zero-order valence-corrected chi connectivity index (χ0v) is 12.5. The summed E-state index contributed by atoms with van der Waals surface area (Å²) in [5, 5.41) is 0. The molecule has 0 bridgehead atoms. The third-order valence-electron chi connectivity index (χ3n) is 3.56. The molecular weight excluding hydrogens is 276 g/mol. The van der Waals surface area contributed by atoms with Gasteiger partial charge < -0.3 is 9.72 Å². The predicted molar refractivity (Wildman–Crippen MR) is 87.0 cm³/mol. The van der Waals surface area contributed by atoms with Gasteiger partial charge in [0.05, 0.1) is 12.8 Å². The summed E-state index contributed by atoms with van der Waals surface area (Å²) in [5.41, 5.74) is 2.94. The number of benzene rings is 2. The van der Waals surface area contributed by atoms with E-state index in [9.17, 15) is 4.79 Å². The molecule has 0 unspecified atom stereocenters. The normalized spacial score (nSPS) is 10.5. The first-order valence-electron chi connectivity index (χ1n) is 7.00. The topological polar surface area (TPSA) is 55.0 Å². The summed E-state index contributed by atoms with van der Waals surface area (Å²) in [5.74, 6) is 1.34. The molecule has 110 valence electrons. The molecule has 0 aliphatic heterocycles. The fourth-order valence-electron chi connectivity index (χ4n) is 2.30. The third kappa shape index (κ3) is 2.63. The molecule has 1 heterocycles. The van der Waals surface area contributed by atoms with Crippen molar-refractivity contribution in [1.82, 2.24) is 9.97 Å². The van der Waals surface area contributed by atoms with Crippen LogP contribution in [0, 0.1) is 6.92 Å². The lowest BCUT2D eigenvalue weighted by Crippen LogP contribution is -2.14. The van der Waals surface area contributed by atoms with E-state index in [-0.39, 0.29) is 5.56 Å². The molecule has 2 aromatic carbocycles. The number of H-pyrrole nitrogens is 1. The number of nitrogens with zero attached hydrogens (tertiary/aromatic N) is 1. The van der Waals surface area contributed by atoms with Crippen LogP contribution in [-0.2, 0) is 0 Å². The van der Waals surface area contributed by atoms with Crippen LogP contribution in [0.4, 0.5) is 0 Å². The fraction of sp³-hybridized carbons (Fsp3) is 0.111. The zero-order valence-electron chi connectivity index (χ0n) is 12.5. The smallest absolute Gasteiger partial charge is 0.254 e. The van der Waals surface area contributed by atoms with Crippen LogP contribution >= 0.6 is 0 Å². The Morgan fingerprint density at radius 2 is 1.64 bits per heavy atom. The summed E-state index contributed by atoms with van der Waals surface area (Å²) in [4.78, 5) is 19.7. The first kappa shape index (κ1) is 14.1. The third-order valence-corrected chi connectivity index (χ3v) is 3.56. The van der Waals surface area contributed by atoms with E-state index in [0.717, 1.165) is 16.9 Å². The maximum atomic E-state index is 12.2. The van der Waals surface area contributed by atoms with Gasteiger partial charge in [-0.15, -0.1) is 0 Å². The zero-order chi connectivity index (χ0) is 15.5. The van der Waals surface area contributed by atoms with E-state index in [1.807, 2.05) is 54.6 Å². The van der Waals surface area contributed by atoms with E-state index < -0.39 is 0 Å². The van der Waals surface area contributed by atoms with Crippen LogP contribution in [0.15, 0.2) is 59.4 Å². The van der Waals surface area contributed by atoms with Crippen molar-refractivity contribution in [2.75, 3.05) is 7.11 Å². The second-order valence-electron chi connectivity index (χ2n) is 4.98. The SMILES string of the molecule is COc1ccc(-c2nc(-c3ccccc3)[nH]c(=O)c2C)cc1. The monoisotopic (exact) mass is 292 g/mol. The van der Waals surface area contributed by atoms with Crippen molar-refractivity contribution < 1.29 is 4.74 Å². The largest absolute Gasteiger partial charge is 0.497 e. The maximum Gasteiger partial charge on any atom is 0.254 e. The van der Waals surface area contributed by atoms with Crippen molar-refractivity contribution in [1.29, 1.82) is 0 Å². The second-order valence-corrected chi connectivity index (χ2v) is 4.98. The molecule has 3 rings (SSSR count). The van der Waals surface area contributed by atoms with Gasteiger partial charge in [-0.05, 0) is 31.2 Å². The molecule has 0 aliphatic rings. The van der Waals surface area contributed by atoms with Crippen molar-refractivity contribution in [2.24, 2.45) is 0 Å². The molecule has 4 nitrogen and oxygen atoms in total. The van der Waals surface area contributed by atoms with E-state index in [2.05, 4.69) is 9.97 Å². The molecule has 0 saturated carbocycles. The molecule has 0 spiro atoms. The molecule has 1 aromatic heterocycles. The number of hydrogen-bond donors (Lipinski definition) is 1. The summed E-state index contributed by atoms with van der Waals surface area (Å²) in [6, 6.07) is 17.1. The van der Waals surface area contributed by atoms with E-state index >= 15 is 0 Å². The predicted octanol–water partition coefficient (Wildman–Crippen LogP) is 3.42. The average Bonchev–Trinajstić information content (AvgIpc) is 2.58. The van der Waals surface area contributed by atoms with Gasteiger partial charge in [-0.25, -0.2) is 4.98 Å². The highest BCUT2D eigenvalue weighted by Crippen LogP contribution is 2.24. The van der Waals surface area contributed by atoms with Crippen molar-refractivity contribution in [3.8, 4) is 28.4 Å². The van der Waals surface area contributed by atoms with Gasteiger partial charge in [0.1, 0.15) is 11.6 Å². The number of nitrogens with one attached hydrogen (secondary N) is 1. The van der Waals surface area contributed by atoms with Crippen LogP contribution in [0.2, 0.25) is 0 Å². The standard InChI is InChI=1S/C18H16N2O2/c1-12-16(13-8-10-15(22-2)11-9-13)19-17(20-18(12)21)14-6-4-3-5-7-14/h3-11H,1-2H3,(H,19,20,21). The molecule has 3 aromatic rings. The summed E-state index contributed by atoms with van der Waals surface area (Å²) in [6.45, 7) is 1.78. The molecule has 0 radical (unpaired) electrons. The van der Waals surface area contributed by atoms with Gasteiger partial charge in [-0.1, -0.05) is 30.3 Å². The minimum Gasteiger partial charge on any atom is -0.497 e. The van der Waals surface area contributed by atoms with Crippen LogP contribution in [0.25, 0.3) is 22.6 Å². The van der Waals surface area contributed by atoms with Crippen molar-refractivity contribution in [3.05, 3.63) is 70.5 Å². The Balaban J connectivity index is 2.14. The first-order chi connectivity index (χ1) is 10.7. The summed E-state index contributed by atoms with van der Waals surface area (Å²) < 4.78 is 5.16. The molecule has 0 saturated heterocycles. The second kappa shape index (κ2) is 5.85. The number of methoxy groups -OCH3 is 1. The highest BCUT2D eigenvalue weighted by Gasteiger charge is 2.11. The Morgan fingerprint density at radius 1 is 0.955 bits per heavy atom. The minimum atomic E-state index is -0.125. The lowest BCUT2D eigenvalue weighted by molar-refractivity contribution is 0.415. The van der Waals surface area contributed by atoms with Gasteiger partial charge in [0.2, 0.25) is 0 Å². The molecule has 1 N–H and O–H groups in total. The van der Waals surface area contributed by atoms with Crippen molar-refractivity contribution in [2.45, 2.75) is 6.92 Å². The van der Waals surface area contributed by atoms with Crippen LogP contribution < -0.4 is 10.3 Å². The molecule has 0 atom stereocenters. The summed E-state index contributed by atoms with van der Waals surface area (Å²) in [7, 11) is 1.62. The quantitative estimate of drug-likeness (QED) is 0.804. The van der Waals surface area contributed by atoms with Gasteiger partial charge in [0.15, 0.2) is 0 Å². The number of aromatic nitrogens is 2. The highest BCUT2D eigenvalue weighted by molar-refractivity contribution is 5.66. The Kier molecular flexibility index (Phi) is 3.74.